The molecule has 5 rings (SSSR count). The van der Waals surface area contributed by atoms with Gasteiger partial charge in [-0.3, -0.25) is 9.59 Å². The summed E-state index contributed by atoms with van der Waals surface area (Å²) in [6.07, 6.45) is 1.41. The zero-order valence-corrected chi connectivity index (χ0v) is 25.9. The SMILES string of the molecule is Cc1ccc(C)n1-c1ccc(OCc2ccc(C(=O)N/N=C/c3ccc(N(C)C)cc3OCC(=O)Nc3ccc(F)cc3)o2)cc1. The number of hydrazone groups is 1. The average molecular weight is 624 g/mol. The van der Waals surface area contributed by atoms with E-state index in [0.29, 0.717) is 28.5 Å². The number of ether oxygens (including phenoxy) is 2. The van der Waals surface area contributed by atoms with Gasteiger partial charge < -0.3 is 28.7 Å². The molecular formula is C35H34FN5O5. The zero-order valence-electron chi connectivity index (χ0n) is 25.9. The van der Waals surface area contributed by atoms with Gasteiger partial charge in [-0.15, -0.1) is 0 Å². The highest BCUT2D eigenvalue weighted by atomic mass is 19.1. The topological polar surface area (TPSA) is 110 Å². The molecule has 0 saturated carbocycles. The molecule has 0 aliphatic rings. The van der Waals surface area contributed by atoms with Crippen molar-refractivity contribution in [2.24, 2.45) is 5.10 Å². The fourth-order valence-electron chi connectivity index (χ4n) is 4.62. The van der Waals surface area contributed by atoms with Crippen molar-refractivity contribution in [2.75, 3.05) is 30.9 Å². The van der Waals surface area contributed by atoms with Gasteiger partial charge in [-0.25, -0.2) is 9.82 Å². The van der Waals surface area contributed by atoms with Crippen molar-refractivity contribution >= 4 is 29.4 Å². The lowest BCUT2D eigenvalue weighted by molar-refractivity contribution is -0.118. The smallest absolute Gasteiger partial charge is 0.307 e. The van der Waals surface area contributed by atoms with Crippen LogP contribution in [-0.4, -0.2) is 43.3 Å². The summed E-state index contributed by atoms with van der Waals surface area (Å²) >= 11 is 0. The van der Waals surface area contributed by atoms with Gasteiger partial charge in [0.15, 0.2) is 12.4 Å². The quantitative estimate of drug-likeness (QED) is 0.126. The second kappa shape index (κ2) is 14.3. The van der Waals surface area contributed by atoms with Crippen LogP contribution in [0.5, 0.6) is 11.5 Å². The molecule has 2 N–H and O–H groups in total. The summed E-state index contributed by atoms with van der Waals surface area (Å²) in [7, 11) is 3.75. The molecule has 0 bridgehead atoms. The van der Waals surface area contributed by atoms with Gasteiger partial charge in [-0.05, 0) is 98.8 Å². The van der Waals surface area contributed by atoms with Crippen LogP contribution in [-0.2, 0) is 11.4 Å². The molecular weight excluding hydrogens is 589 g/mol. The Bertz CT molecular complexity index is 1820. The van der Waals surface area contributed by atoms with Crippen LogP contribution in [0.2, 0.25) is 0 Å². The van der Waals surface area contributed by atoms with E-state index >= 15 is 0 Å². The number of hydrogen-bond acceptors (Lipinski definition) is 7. The number of amides is 2. The van der Waals surface area contributed by atoms with E-state index in [1.807, 2.05) is 49.3 Å². The van der Waals surface area contributed by atoms with Crippen molar-refractivity contribution in [1.82, 2.24) is 9.99 Å². The van der Waals surface area contributed by atoms with Crippen LogP contribution >= 0.6 is 0 Å². The molecule has 10 nitrogen and oxygen atoms in total. The van der Waals surface area contributed by atoms with Gasteiger partial charge in [0.2, 0.25) is 0 Å². The second-order valence-corrected chi connectivity index (χ2v) is 10.7. The number of anilines is 2. The lowest BCUT2D eigenvalue weighted by Crippen LogP contribution is -2.21. The summed E-state index contributed by atoms with van der Waals surface area (Å²) in [5, 5.41) is 6.70. The predicted molar refractivity (Wildman–Crippen MR) is 175 cm³/mol. The number of aryl methyl sites for hydroxylation is 2. The van der Waals surface area contributed by atoms with Crippen molar-refractivity contribution < 1.29 is 27.9 Å². The number of aromatic nitrogens is 1. The van der Waals surface area contributed by atoms with Crippen LogP contribution in [0, 0.1) is 19.7 Å². The fourth-order valence-corrected chi connectivity index (χ4v) is 4.62. The van der Waals surface area contributed by atoms with Crippen molar-refractivity contribution in [3.63, 3.8) is 0 Å². The summed E-state index contributed by atoms with van der Waals surface area (Å²) < 4.78 is 32.6. The van der Waals surface area contributed by atoms with E-state index in [1.165, 1.54) is 30.5 Å². The van der Waals surface area contributed by atoms with Gasteiger partial charge in [0.1, 0.15) is 29.7 Å². The molecule has 0 saturated heterocycles. The van der Waals surface area contributed by atoms with Gasteiger partial charge in [-0.2, -0.15) is 5.10 Å². The minimum atomic E-state index is -0.546. The Morgan fingerprint density at radius 1 is 0.913 bits per heavy atom. The Balaban J connectivity index is 1.16. The third kappa shape index (κ3) is 8.00. The summed E-state index contributed by atoms with van der Waals surface area (Å²) in [4.78, 5) is 27.0. The summed E-state index contributed by atoms with van der Waals surface area (Å²) in [5.74, 6) is 0.228. The number of rotatable bonds is 12. The largest absolute Gasteiger partial charge is 0.486 e. The normalized spacial score (nSPS) is 11.0. The van der Waals surface area contributed by atoms with E-state index in [9.17, 15) is 14.0 Å². The number of carbonyl (C=O) groups excluding carboxylic acids is 2. The highest BCUT2D eigenvalue weighted by Crippen LogP contribution is 2.24. The average Bonchev–Trinajstić information content (AvgIpc) is 3.66. The molecule has 3 aromatic carbocycles. The fraction of sp³-hybridized carbons (Fsp3) is 0.171. The molecule has 46 heavy (non-hydrogen) atoms. The van der Waals surface area contributed by atoms with Crippen LogP contribution in [0.25, 0.3) is 5.69 Å². The number of carbonyl (C=O) groups is 2. The number of hydrogen-bond donors (Lipinski definition) is 2. The maximum absolute atomic E-state index is 13.2. The summed E-state index contributed by atoms with van der Waals surface area (Å²) in [5.41, 5.74) is 7.60. The van der Waals surface area contributed by atoms with Crippen molar-refractivity contribution in [1.29, 1.82) is 0 Å². The molecule has 5 aromatic rings. The third-order valence-electron chi connectivity index (χ3n) is 7.00. The predicted octanol–water partition coefficient (Wildman–Crippen LogP) is 6.25. The molecule has 2 amide bonds. The van der Waals surface area contributed by atoms with Gasteiger partial charge in [0.05, 0.1) is 6.21 Å². The number of furan rings is 1. The van der Waals surface area contributed by atoms with Crippen molar-refractivity contribution in [2.45, 2.75) is 20.5 Å². The van der Waals surface area contributed by atoms with E-state index in [0.717, 1.165) is 22.8 Å². The van der Waals surface area contributed by atoms with Crippen LogP contribution in [0.15, 0.2) is 101 Å². The first-order chi connectivity index (χ1) is 22.2. The van der Waals surface area contributed by atoms with Gasteiger partial charge >= 0.3 is 5.91 Å². The summed E-state index contributed by atoms with van der Waals surface area (Å²) in [6, 6.07) is 25.9. The minimum Gasteiger partial charge on any atom is -0.486 e. The first kappa shape index (κ1) is 31.6. The number of benzene rings is 3. The molecule has 0 aliphatic heterocycles. The lowest BCUT2D eigenvalue weighted by atomic mass is 10.2. The first-order valence-corrected chi connectivity index (χ1v) is 14.5. The van der Waals surface area contributed by atoms with Crippen molar-refractivity contribution in [3.05, 3.63) is 125 Å². The molecule has 0 radical (unpaired) electrons. The lowest BCUT2D eigenvalue weighted by Gasteiger charge is -2.16. The van der Waals surface area contributed by atoms with E-state index < -0.39 is 17.6 Å². The van der Waals surface area contributed by atoms with Gasteiger partial charge in [0.25, 0.3) is 5.91 Å². The van der Waals surface area contributed by atoms with Crippen molar-refractivity contribution in [3.8, 4) is 17.2 Å². The van der Waals surface area contributed by atoms with E-state index in [-0.39, 0.29) is 19.0 Å². The second-order valence-electron chi connectivity index (χ2n) is 10.7. The Kier molecular flexibility index (Phi) is 9.81. The molecule has 2 heterocycles. The molecule has 0 atom stereocenters. The highest BCUT2D eigenvalue weighted by Gasteiger charge is 2.13. The first-order valence-electron chi connectivity index (χ1n) is 14.5. The van der Waals surface area contributed by atoms with Gasteiger partial charge in [0, 0.05) is 54.2 Å². The molecule has 236 valence electrons. The van der Waals surface area contributed by atoms with E-state index in [4.69, 9.17) is 13.9 Å². The van der Waals surface area contributed by atoms with E-state index in [2.05, 4.69) is 46.4 Å². The Hall–Kier alpha value is -5.84. The van der Waals surface area contributed by atoms with Crippen LogP contribution in [0.4, 0.5) is 15.8 Å². The Morgan fingerprint density at radius 2 is 1.63 bits per heavy atom. The molecule has 0 aliphatic carbocycles. The minimum absolute atomic E-state index is 0.0709. The molecule has 0 unspecified atom stereocenters. The van der Waals surface area contributed by atoms with Gasteiger partial charge in [-0.1, -0.05) is 0 Å². The maximum Gasteiger partial charge on any atom is 0.307 e. The number of nitrogens with one attached hydrogen (secondary N) is 2. The van der Waals surface area contributed by atoms with Crippen LogP contribution in [0.3, 0.4) is 0 Å². The summed E-state index contributed by atoms with van der Waals surface area (Å²) in [6.45, 7) is 3.97. The molecule has 2 aromatic heterocycles. The zero-order chi connectivity index (χ0) is 32.6. The Labute approximate surface area is 266 Å². The number of halogens is 1. The molecule has 0 spiro atoms. The highest BCUT2D eigenvalue weighted by molar-refractivity contribution is 5.93. The Morgan fingerprint density at radius 3 is 2.33 bits per heavy atom. The van der Waals surface area contributed by atoms with Crippen LogP contribution in [0.1, 0.15) is 33.3 Å². The monoisotopic (exact) mass is 623 g/mol. The molecule has 11 heteroatoms. The van der Waals surface area contributed by atoms with Crippen LogP contribution < -0.4 is 25.1 Å². The standard InChI is InChI=1S/C35H34FN5O5/c1-23-5-6-24(2)41(23)28-13-15-30(16-14-28)44-21-31-17-18-32(46-31)35(43)39-37-20-25-7-12-29(40(3)4)19-33(25)45-22-34(42)38-27-10-8-26(36)9-11-27/h5-20H,21-22H2,1-4H3,(H,38,42)(H,39,43)/b37-20+. The third-order valence-corrected chi connectivity index (χ3v) is 7.00. The number of nitrogens with zero attached hydrogens (tertiary/aromatic N) is 3. The maximum atomic E-state index is 13.2. The van der Waals surface area contributed by atoms with E-state index in [1.54, 1.807) is 24.3 Å². The molecule has 0 fully saturated rings.